The van der Waals surface area contributed by atoms with Crippen molar-refractivity contribution in [3.63, 3.8) is 0 Å². The number of benzene rings is 1. The van der Waals surface area contributed by atoms with Gasteiger partial charge in [0.1, 0.15) is 10.8 Å². The monoisotopic (exact) mass is 313 g/mol. The number of hydrogen-bond donors (Lipinski definition) is 0. The lowest BCUT2D eigenvalue weighted by Crippen LogP contribution is -2.36. The van der Waals surface area contributed by atoms with Crippen LogP contribution in [0.2, 0.25) is 0 Å². The molecule has 0 bridgehead atoms. The lowest BCUT2D eigenvalue weighted by atomic mass is 10.2. The van der Waals surface area contributed by atoms with Gasteiger partial charge in [-0.2, -0.15) is 0 Å². The molecule has 0 N–H and O–H groups in total. The second-order valence-corrected chi connectivity index (χ2v) is 6.29. The lowest BCUT2D eigenvalue weighted by molar-refractivity contribution is 0.415. The third-order valence-electron chi connectivity index (χ3n) is 3.50. The van der Waals surface area contributed by atoms with E-state index in [1.54, 1.807) is 18.9 Å². The molecule has 0 amide bonds. The second-order valence-electron chi connectivity index (χ2n) is 5.33. The first-order chi connectivity index (χ1) is 10.7. The van der Waals surface area contributed by atoms with E-state index in [0.717, 1.165) is 21.6 Å². The van der Waals surface area contributed by atoms with E-state index in [4.69, 9.17) is 9.73 Å². The van der Waals surface area contributed by atoms with Gasteiger partial charge < -0.3 is 9.64 Å². The maximum Gasteiger partial charge on any atom is 0.170 e. The molecule has 0 fully saturated rings. The van der Waals surface area contributed by atoms with Crippen molar-refractivity contribution in [2.75, 3.05) is 12.0 Å². The smallest absolute Gasteiger partial charge is 0.170 e. The summed E-state index contributed by atoms with van der Waals surface area (Å²) in [6.07, 6.45) is 1.84. The summed E-state index contributed by atoms with van der Waals surface area (Å²) >= 11 is 1.63. The van der Waals surface area contributed by atoms with Gasteiger partial charge in [0.25, 0.3) is 0 Å². The molecule has 1 aromatic carbocycles. The quantitative estimate of drug-likeness (QED) is 0.859. The van der Waals surface area contributed by atoms with Crippen molar-refractivity contribution in [2.24, 2.45) is 4.99 Å². The first-order valence-electron chi connectivity index (χ1n) is 7.28. The summed E-state index contributed by atoms with van der Waals surface area (Å²) in [5.74, 6) is 0.859. The van der Waals surface area contributed by atoms with Crippen molar-refractivity contribution >= 4 is 22.6 Å². The zero-order valence-electron chi connectivity index (χ0n) is 13.0. The molecule has 0 saturated carbocycles. The van der Waals surface area contributed by atoms with Crippen LogP contribution < -0.4 is 9.64 Å². The van der Waals surface area contributed by atoms with Crippen molar-refractivity contribution in [3.05, 3.63) is 48.2 Å². The number of anilines is 1. The summed E-state index contributed by atoms with van der Waals surface area (Å²) in [7, 11) is 1.68. The molecule has 5 heteroatoms. The van der Waals surface area contributed by atoms with Crippen LogP contribution in [-0.4, -0.2) is 23.3 Å². The van der Waals surface area contributed by atoms with Crippen molar-refractivity contribution < 1.29 is 4.74 Å². The van der Waals surface area contributed by atoms with Crippen LogP contribution >= 0.6 is 11.8 Å². The predicted octanol–water partition coefficient (Wildman–Crippen LogP) is 3.97. The molecule has 2 heterocycles. The van der Waals surface area contributed by atoms with Gasteiger partial charge in [-0.1, -0.05) is 6.07 Å². The molecule has 0 unspecified atom stereocenters. The van der Waals surface area contributed by atoms with Crippen LogP contribution in [0.25, 0.3) is 0 Å². The van der Waals surface area contributed by atoms with Gasteiger partial charge in [0.15, 0.2) is 5.17 Å². The van der Waals surface area contributed by atoms with E-state index in [0.29, 0.717) is 12.6 Å². The highest BCUT2D eigenvalue weighted by atomic mass is 32.2. The summed E-state index contributed by atoms with van der Waals surface area (Å²) < 4.78 is 5.24. The van der Waals surface area contributed by atoms with E-state index in [1.165, 1.54) is 5.56 Å². The molecule has 22 heavy (non-hydrogen) atoms. The van der Waals surface area contributed by atoms with E-state index in [-0.39, 0.29) is 0 Å². The number of aliphatic imine (C=N–C) groups is 1. The Kier molecular flexibility index (Phi) is 4.34. The fourth-order valence-corrected chi connectivity index (χ4v) is 3.50. The molecular weight excluding hydrogens is 294 g/mol. The highest BCUT2D eigenvalue weighted by molar-refractivity contribution is 8.14. The topological polar surface area (TPSA) is 37.7 Å². The first kappa shape index (κ1) is 14.9. The fraction of sp³-hybridized carbons (Fsp3) is 0.294. The molecule has 0 aliphatic carbocycles. The number of ether oxygens (including phenoxy) is 1. The minimum absolute atomic E-state index is 0.310. The highest BCUT2D eigenvalue weighted by Crippen LogP contribution is 2.32. The molecule has 0 spiro atoms. The number of hydrogen-bond acceptors (Lipinski definition) is 5. The molecule has 4 nitrogen and oxygen atoms in total. The molecule has 1 aliphatic heterocycles. The van der Waals surface area contributed by atoms with Crippen molar-refractivity contribution in [2.45, 2.75) is 31.5 Å². The Morgan fingerprint density at radius 2 is 1.95 bits per heavy atom. The van der Waals surface area contributed by atoms with Gasteiger partial charge in [0.2, 0.25) is 0 Å². The molecule has 1 aromatic heterocycles. The number of thioether (sulfide) groups is 1. The second kappa shape index (κ2) is 6.40. The third-order valence-corrected chi connectivity index (χ3v) is 4.56. The maximum absolute atomic E-state index is 5.24. The van der Waals surface area contributed by atoms with Crippen LogP contribution in [0.1, 0.15) is 19.4 Å². The van der Waals surface area contributed by atoms with Crippen molar-refractivity contribution in [1.29, 1.82) is 0 Å². The van der Waals surface area contributed by atoms with Crippen LogP contribution in [0, 0.1) is 0 Å². The van der Waals surface area contributed by atoms with Gasteiger partial charge in [-0.25, -0.2) is 4.98 Å². The van der Waals surface area contributed by atoms with Gasteiger partial charge >= 0.3 is 0 Å². The third kappa shape index (κ3) is 2.95. The minimum atomic E-state index is 0.310. The SMILES string of the molecule is COc1ccc(N(C2=NCc3cccnc3S2)C(C)C)cc1. The molecule has 1 aliphatic rings. The normalized spacial score (nSPS) is 13.5. The number of rotatable bonds is 3. The zero-order valence-corrected chi connectivity index (χ0v) is 13.8. The van der Waals surface area contributed by atoms with Gasteiger partial charge in [-0.3, -0.25) is 4.99 Å². The van der Waals surface area contributed by atoms with Crippen molar-refractivity contribution in [3.8, 4) is 5.75 Å². The van der Waals surface area contributed by atoms with E-state index < -0.39 is 0 Å². The molecular formula is C17H19N3OS. The Labute approximate surface area is 135 Å². The van der Waals surface area contributed by atoms with Crippen LogP contribution in [0.5, 0.6) is 5.75 Å². The standard InChI is InChI=1S/C17H19N3OS/c1-12(2)20(14-6-8-15(21-3)9-7-14)17-19-11-13-5-4-10-18-16(13)22-17/h4-10,12H,11H2,1-3H3. The lowest BCUT2D eigenvalue weighted by Gasteiger charge is -2.31. The number of fused-ring (bicyclic) bond motifs is 1. The zero-order chi connectivity index (χ0) is 15.5. The molecule has 0 saturated heterocycles. The summed E-state index contributed by atoms with van der Waals surface area (Å²) in [5.41, 5.74) is 2.30. The first-order valence-corrected chi connectivity index (χ1v) is 8.10. The number of nitrogens with zero attached hydrogens (tertiary/aromatic N) is 3. The van der Waals surface area contributed by atoms with Gasteiger partial charge in [-0.05, 0) is 55.9 Å². The minimum Gasteiger partial charge on any atom is -0.497 e. The number of pyridine rings is 1. The summed E-state index contributed by atoms with van der Waals surface area (Å²) in [5, 5.41) is 2.04. The molecule has 0 atom stereocenters. The van der Waals surface area contributed by atoms with Crippen LogP contribution in [0.4, 0.5) is 5.69 Å². The molecule has 0 radical (unpaired) electrons. The number of amidine groups is 1. The molecule has 114 valence electrons. The summed E-state index contributed by atoms with van der Waals surface area (Å²) in [6.45, 7) is 5.02. The average Bonchev–Trinajstić information content (AvgIpc) is 2.55. The van der Waals surface area contributed by atoms with Crippen molar-refractivity contribution in [1.82, 2.24) is 4.98 Å². The average molecular weight is 313 g/mol. The van der Waals surface area contributed by atoms with E-state index in [1.807, 2.05) is 24.4 Å². The Morgan fingerprint density at radius 1 is 1.18 bits per heavy atom. The van der Waals surface area contributed by atoms with Crippen LogP contribution in [0.3, 0.4) is 0 Å². The number of aromatic nitrogens is 1. The van der Waals surface area contributed by atoms with Gasteiger partial charge in [0, 0.05) is 23.5 Å². The van der Waals surface area contributed by atoms with Gasteiger partial charge in [-0.15, -0.1) is 0 Å². The largest absolute Gasteiger partial charge is 0.497 e. The Hall–Kier alpha value is -2.01. The van der Waals surface area contributed by atoms with E-state index in [2.05, 4.69) is 41.9 Å². The Bertz CT molecular complexity index is 683. The number of methoxy groups -OCH3 is 1. The highest BCUT2D eigenvalue weighted by Gasteiger charge is 2.23. The summed E-state index contributed by atoms with van der Waals surface area (Å²) in [6, 6.07) is 12.4. The fourth-order valence-electron chi connectivity index (χ4n) is 2.41. The Balaban J connectivity index is 1.90. The van der Waals surface area contributed by atoms with Gasteiger partial charge in [0.05, 0.1) is 13.7 Å². The van der Waals surface area contributed by atoms with E-state index >= 15 is 0 Å². The van der Waals surface area contributed by atoms with Crippen LogP contribution in [-0.2, 0) is 6.54 Å². The molecule has 3 rings (SSSR count). The van der Waals surface area contributed by atoms with E-state index in [9.17, 15) is 0 Å². The van der Waals surface area contributed by atoms with Crippen LogP contribution in [0.15, 0.2) is 52.6 Å². The predicted molar refractivity (Wildman–Crippen MR) is 91.8 cm³/mol. The molecule has 2 aromatic rings. The summed E-state index contributed by atoms with van der Waals surface area (Å²) in [4.78, 5) is 11.5. The Morgan fingerprint density at radius 3 is 2.64 bits per heavy atom. The maximum atomic E-state index is 5.24.